The van der Waals surface area contributed by atoms with Crippen molar-refractivity contribution in [3.8, 4) is 6.07 Å². The number of aromatic nitrogens is 4. The van der Waals surface area contributed by atoms with Gasteiger partial charge in [0, 0.05) is 0 Å². The Kier molecular flexibility index (Phi) is 2.29. The number of rotatable bonds is 2. The molecule has 0 saturated carbocycles. The molecule has 0 bridgehead atoms. The molecular formula is C9H8N6. The first-order valence-electron chi connectivity index (χ1n) is 4.30. The molecule has 2 aromatic rings. The standard InChI is InChI=1S/C9H8N6/c10-5-7-2-1-3-8(4-7)6-15-9(11)12-13-14-15/h1-4H,6H2,(H2,11,12,14). The van der Waals surface area contributed by atoms with Crippen LogP contribution < -0.4 is 5.73 Å². The van der Waals surface area contributed by atoms with Gasteiger partial charge in [-0.1, -0.05) is 17.2 Å². The number of nitrogens with two attached hydrogens (primary N) is 1. The Morgan fingerprint density at radius 2 is 2.33 bits per heavy atom. The zero-order valence-electron chi connectivity index (χ0n) is 7.83. The van der Waals surface area contributed by atoms with Crippen LogP contribution in [0.15, 0.2) is 24.3 Å². The number of hydrogen-bond acceptors (Lipinski definition) is 5. The zero-order chi connectivity index (χ0) is 10.7. The van der Waals surface area contributed by atoms with Crippen molar-refractivity contribution in [1.82, 2.24) is 20.2 Å². The van der Waals surface area contributed by atoms with Crippen molar-refractivity contribution in [3.05, 3.63) is 35.4 Å². The van der Waals surface area contributed by atoms with Gasteiger partial charge in [-0.25, -0.2) is 4.68 Å². The Labute approximate surface area is 85.9 Å². The third-order valence-corrected chi connectivity index (χ3v) is 1.95. The molecule has 0 unspecified atom stereocenters. The molecule has 0 saturated heterocycles. The van der Waals surface area contributed by atoms with E-state index in [9.17, 15) is 0 Å². The van der Waals surface area contributed by atoms with E-state index in [0.29, 0.717) is 12.1 Å². The fraction of sp³-hybridized carbons (Fsp3) is 0.111. The fourth-order valence-electron chi connectivity index (χ4n) is 1.24. The van der Waals surface area contributed by atoms with Gasteiger partial charge in [0.05, 0.1) is 18.2 Å². The molecule has 0 atom stereocenters. The van der Waals surface area contributed by atoms with E-state index >= 15 is 0 Å². The Morgan fingerprint density at radius 1 is 1.47 bits per heavy atom. The average Bonchev–Trinajstić information content (AvgIpc) is 2.65. The lowest BCUT2D eigenvalue weighted by atomic mass is 10.1. The van der Waals surface area contributed by atoms with Crippen LogP contribution in [0.3, 0.4) is 0 Å². The Hall–Kier alpha value is -2.42. The van der Waals surface area contributed by atoms with Crippen LogP contribution in [0.25, 0.3) is 0 Å². The summed E-state index contributed by atoms with van der Waals surface area (Å²) < 4.78 is 1.47. The average molecular weight is 200 g/mol. The molecule has 6 nitrogen and oxygen atoms in total. The van der Waals surface area contributed by atoms with Crippen molar-refractivity contribution in [2.45, 2.75) is 6.54 Å². The molecule has 0 aliphatic heterocycles. The van der Waals surface area contributed by atoms with E-state index in [1.54, 1.807) is 12.1 Å². The highest BCUT2D eigenvalue weighted by Crippen LogP contribution is 2.06. The van der Waals surface area contributed by atoms with Crippen molar-refractivity contribution in [2.24, 2.45) is 0 Å². The monoisotopic (exact) mass is 200 g/mol. The Bertz CT molecular complexity index is 509. The third-order valence-electron chi connectivity index (χ3n) is 1.95. The number of anilines is 1. The van der Waals surface area contributed by atoms with Crippen LogP contribution in [-0.4, -0.2) is 20.2 Å². The topological polar surface area (TPSA) is 93.4 Å². The maximum Gasteiger partial charge on any atom is 0.240 e. The maximum atomic E-state index is 8.72. The van der Waals surface area contributed by atoms with Gasteiger partial charge in [-0.15, -0.1) is 0 Å². The highest BCUT2D eigenvalue weighted by Gasteiger charge is 2.02. The minimum Gasteiger partial charge on any atom is -0.367 e. The van der Waals surface area contributed by atoms with Gasteiger partial charge < -0.3 is 5.73 Å². The van der Waals surface area contributed by atoms with Crippen LogP contribution in [0, 0.1) is 11.3 Å². The van der Waals surface area contributed by atoms with Gasteiger partial charge in [0.15, 0.2) is 0 Å². The summed E-state index contributed by atoms with van der Waals surface area (Å²) in [5.74, 6) is 0.261. The maximum absolute atomic E-state index is 8.72. The molecule has 1 aromatic heterocycles. The summed E-state index contributed by atoms with van der Waals surface area (Å²) in [7, 11) is 0. The third kappa shape index (κ3) is 1.91. The summed E-state index contributed by atoms with van der Waals surface area (Å²) in [6.45, 7) is 0.467. The summed E-state index contributed by atoms with van der Waals surface area (Å²) in [4.78, 5) is 0. The minimum absolute atomic E-state index is 0.261. The number of benzene rings is 1. The summed E-state index contributed by atoms with van der Waals surface area (Å²) >= 11 is 0. The first kappa shape index (κ1) is 9.15. The van der Waals surface area contributed by atoms with Gasteiger partial charge in [0.1, 0.15) is 0 Å². The van der Waals surface area contributed by atoms with Crippen molar-refractivity contribution >= 4 is 5.95 Å². The molecule has 0 aliphatic carbocycles. The summed E-state index contributed by atoms with van der Waals surface area (Å²) in [5, 5.41) is 19.4. The zero-order valence-corrected chi connectivity index (χ0v) is 7.83. The quantitative estimate of drug-likeness (QED) is 0.746. The first-order valence-corrected chi connectivity index (χ1v) is 4.30. The van der Waals surface area contributed by atoms with Gasteiger partial charge >= 0.3 is 0 Å². The molecule has 1 heterocycles. The van der Waals surface area contributed by atoms with Gasteiger partial charge in [-0.05, 0) is 28.1 Å². The van der Waals surface area contributed by atoms with Crippen LogP contribution in [0.2, 0.25) is 0 Å². The number of hydrogen-bond donors (Lipinski definition) is 1. The van der Waals surface area contributed by atoms with Crippen LogP contribution >= 0.6 is 0 Å². The molecule has 6 heteroatoms. The van der Waals surface area contributed by atoms with Crippen LogP contribution in [0.4, 0.5) is 5.95 Å². The lowest BCUT2D eigenvalue weighted by Crippen LogP contribution is -2.06. The van der Waals surface area contributed by atoms with Gasteiger partial charge in [-0.2, -0.15) is 5.26 Å². The van der Waals surface area contributed by atoms with E-state index in [1.807, 2.05) is 12.1 Å². The lowest BCUT2D eigenvalue weighted by molar-refractivity contribution is 0.655. The van der Waals surface area contributed by atoms with Crippen molar-refractivity contribution in [3.63, 3.8) is 0 Å². The molecule has 0 amide bonds. The van der Waals surface area contributed by atoms with E-state index < -0.39 is 0 Å². The molecule has 0 spiro atoms. The summed E-state index contributed by atoms with van der Waals surface area (Å²) in [5.41, 5.74) is 7.07. The predicted octanol–water partition coefficient (Wildman–Crippen LogP) is 0.175. The van der Waals surface area contributed by atoms with Crippen molar-refractivity contribution in [2.75, 3.05) is 5.73 Å². The second-order valence-electron chi connectivity index (χ2n) is 3.01. The van der Waals surface area contributed by atoms with Crippen LogP contribution in [0.1, 0.15) is 11.1 Å². The minimum atomic E-state index is 0.261. The number of nitrogens with zero attached hydrogens (tertiary/aromatic N) is 5. The van der Waals surface area contributed by atoms with E-state index in [4.69, 9.17) is 11.0 Å². The molecular weight excluding hydrogens is 192 g/mol. The second kappa shape index (κ2) is 3.75. The molecule has 2 rings (SSSR count). The molecule has 0 radical (unpaired) electrons. The van der Waals surface area contributed by atoms with Crippen molar-refractivity contribution in [1.29, 1.82) is 5.26 Å². The second-order valence-corrected chi connectivity index (χ2v) is 3.01. The molecule has 0 fully saturated rings. The largest absolute Gasteiger partial charge is 0.367 e. The van der Waals surface area contributed by atoms with Gasteiger partial charge in [0.2, 0.25) is 5.95 Å². The normalized spacial score (nSPS) is 9.80. The van der Waals surface area contributed by atoms with Gasteiger partial charge in [0.25, 0.3) is 0 Å². The molecule has 15 heavy (non-hydrogen) atoms. The van der Waals surface area contributed by atoms with Crippen LogP contribution in [-0.2, 0) is 6.54 Å². The molecule has 74 valence electrons. The van der Waals surface area contributed by atoms with E-state index in [0.717, 1.165) is 5.56 Å². The highest BCUT2D eigenvalue weighted by molar-refractivity contribution is 5.33. The van der Waals surface area contributed by atoms with Gasteiger partial charge in [-0.3, -0.25) is 0 Å². The molecule has 0 aliphatic rings. The summed E-state index contributed by atoms with van der Waals surface area (Å²) in [6, 6.07) is 9.30. The smallest absolute Gasteiger partial charge is 0.240 e. The fourth-order valence-corrected chi connectivity index (χ4v) is 1.24. The van der Waals surface area contributed by atoms with E-state index in [-0.39, 0.29) is 5.95 Å². The lowest BCUT2D eigenvalue weighted by Gasteiger charge is -2.01. The first-order chi connectivity index (χ1) is 7.29. The number of nitriles is 1. The highest BCUT2D eigenvalue weighted by atomic mass is 15.6. The Morgan fingerprint density at radius 3 is 3.00 bits per heavy atom. The van der Waals surface area contributed by atoms with E-state index in [2.05, 4.69) is 21.6 Å². The predicted molar refractivity (Wildman–Crippen MR) is 52.5 cm³/mol. The van der Waals surface area contributed by atoms with Crippen molar-refractivity contribution < 1.29 is 0 Å². The SMILES string of the molecule is N#Cc1cccc(Cn2nnnc2N)c1. The molecule has 2 N–H and O–H groups in total. The number of nitrogen functional groups attached to an aromatic ring is 1. The molecule has 1 aromatic carbocycles. The Balaban J connectivity index is 2.25. The van der Waals surface area contributed by atoms with E-state index in [1.165, 1.54) is 4.68 Å². The summed E-state index contributed by atoms with van der Waals surface area (Å²) in [6.07, 6.45) is 0. The number of tetrazole rings is 1. The van der Waals surface area contributed by atoms with Crippen LogP contribution in [0.5, 0.6) is 0 Å².